The van der Waals surface area contributed by atoms with Crippen LogP contribution in [0.2, 0.25) is 0 Å². The minimum atomic E-state index is -0.832. The average Bonchev–Trinajstić information content (AvgIpc) is 2.16. The zero-order valence-corrected chi connectivity index (χ0v) is 9.95. The minimum Gasteiger partial charge on any atom is -0.368 e. The topological polar surface area (TPSA) is 98.2 Å². The lowest BCUT2D eigenvalue weighted by Crippen LogP contribution is -2.59. The molecule has 3 atom stereocenters. The van der Waals surface area contributed by atoms with Crippen molar-refractivity contribution in [3.05, 3.63) is 0 Å². The van der Waals surface area contributed by atoms with Gasteiger partial charge in [-0.2, -0.15) is 0 Å². The van der Waals surface area contributed by atoms with Gasteiger partial charge < -0.3 is 16.8 Å². The van der Waals surface area contributed by atoms with Gasteiger partial charge in [-0.15, -0.1) is 0 Å². The van der Waals surface area contributed by atoms with Crippen molar-refractivity contribution in [2.75, 3.05) is 0 Å². The standard InChI is InChI=1S/C11H21N3O2/c1-7-4-3-5-11(13,6-7)10(16)14-8(2)9(12)15/h7-8H,3-6,13H2,1-2H3,(H2,12,15)(H,14,16). The number of hydrogen-bond donors (Lipinski definition) is 3. The molecule has 1 saturated carbocycles. The lowest BCUT2D eigenvalue weighted by atomic mass is 9.76. The largest absolute Gasteiger partial charge is 0.368 e. The molecule has 5 N–H and O–H groups in total. The Morgan fingerprint density at radius 3 is 2.62 bits per heavy atom. The van der Waals surface area contributed by atoms with Gasteiger partial charge >= 0.3 is 0 Å². The molecule has 92 valence electrons. The van der Waals surface area contributed by atoms with E-state index in [1.54, 1.807) is 6.92 Å². The Morgan fingerprint density at radius 2 is 2.12 bits per heavy atom. The van der Waals surface area contributed by atoms with Crippen molar-refractivity contribution in [2.24, 2.45) is 17.4 Å². The maximum absolute atomic E-state index is 11.9. The number of nitrogens with one attached hydrogen (secondary N) is 1. The summed E-state index contributed by atoms with van der Waals surface area (Å²) in [5.41, 5.74) is 10.3. The van der Waals surface area contributed by atoms with Crippen molar-refractivity contribution in [1.82, 2.24) is 5.32 Å². The van der Waals surface area contributed by atoms with Crippen LogP contribution < -0.4 is 16.8 Å². The van der Waals surface area contributed by atoms with E-state index >= 15 is 0 Å². The third-order valence-corrected chi connectivity index (χ3v) is 3.26. The van der Waals surface area contributed by atoms with E-state index in [1.807, 2.05) is 0 Å². The second-order valence-corrected chi connectivity index (χ2v) is 4.96. The summed E-state index contributed by atoms with van der Waals surface area (Å²) < 4.78 is 0. The number of amides is 2. The SMILES string of the molecule is CC1CCCC(N)(C(=O)NC(C)C(N)=O)C1. The Kier molecular flexibility index (Phi) is 3.91. The van der Waals surface area contributed by atoms with Crippen LogP contribution in [-0.2, 0) is 9.59 Å². The molecule has 1 fully saturated rings. The predicted octanol–water partition coefficient (Wildman–Crippen LogP) is -0.116. The second-order valence-electron chi connectivity index (χ2n) is 4.96. The Balaban J connectivity index is 2.61. The number of nitrogens with two attached hydrogens (primary N) is 2. The molecule has 0 aromatic carbocycles. The summed E-state index contributed by atoms with van der Waals surface area (Å²) in [6.45, 7) is 3.65. The highest BCUT2D eigenvalue weighted by Gasteiger charge is 2.38. The molecular weight excluding hydrogens is 206 g/mol. The summed E-state index contributed by atoms with van der Waals surface area (Å²) in [7, 11) is 0. The third-order valence-electron chi connectivity index (χ3n) is 3.26. The maximum Gasteiger partial charge on any atom is 0.240 e. The monoisotopic (exact) mass is 227 g/mol. The van der Waals surface area contributed by atoms with Crippen molar-refractivity contribution in [2.45, 2.75) is 51.1 Å². The first kappa shape index (κ1) is 13.0. The van der Waals surface area contributed by atoms with E-state index in [2.05, 4.69) is 12.2 Å². The zero-order chi connectivity index (χ0) is 12.3. The van der Waals surface area contributed by atoms with Gasteiger partial charge in [-0.25, -0.2) is 0 Å². The van der Waals surface area contributed by atoms with Gasteiger partial charge in [-0.05, 0) is 25.7 Å². The molecule has 1 aliphatic carbocycles. The van der Waals surface area contributed by atoms with Crippen molar-refractivity contribution >= 4 is 11.8 Å². The van der Waals surface area contributed by atoms with Crippen LogP contribution in [0.25, 0.3) is 0 Å². The van der Waals surface area contributed by atoms with E-state index in [0.717, 1.165) is 12.8 Å². The molecule has 0 radical (unpaired) electrons. The summed E-state index contributed by atoms with van der Waals surface area (Å²) in [5, 5.41) is 2.57. The molecule has 0 spiro atoms. The fourth-order valence-electron chi connectivity index (χ4n) is 2.21. The molecule has 1 aliphatic rings. The van der Waals surface area contributed by atoms with Gasteiger partial charge in [0.25, 0.3) is 0 Å². The van der Waals surface area contributed by atoms with E-state index in [4.69, 9.17) is 11.5 Å². The van der Waals surface area contributed by atoms with Crippen LogP contribution in [0.1, 0.15) is 39.5 Å². The van der Waals surface area contributed by atoms with Crippen LogP contribution in [0.4, 0.5) is 0 Å². The van der Waals surface area contributed by atoms with Gasteiger partial charge in [0.2, 0.25) is 11.8 Å². The number of hydrogen-bond acceptors (Lipinski definition) is 3. The molecule has 5 heteroatoms. The lowest BCUT2D eigenvalue weighted by molar-refractivity contribution is -0.131. The molecular formula is C11H21N3O2. The quantitative estimate of drug-likeness (QED) is 0.627. The summed E-state index contributed by atoms with van der Waals surface area (Å²) in [6.07, 6.45) is 3.41. The number of rotatable bonds is 3. The van der Waals surface area contributed by atoms with Crippen LogP contribution in [0.5, 0.6) is 0 Å². The van der Waals surface area contributed by atoms with Gasteiger partial charge in [0.15, 0.2) is 0 Å². The molecule has 2 amide bonds. The van der Waals surface area contributed by atoms with Crippen LogP contribution in [-0.4, -0.2) is 23.4 Å². The molecule has 0 saturated heterocycles. The summed E-state index contributed by atoms with van der Waals surface area (Å²) in [6, 6.07) is -0.662. The average molecular weight is 227 g/mol. The smallest absolute Gasteiger partial charge is 0.240 e. The minimum absolute atomic E-state index is 0.259. The number of carbonyl (C=O) groups excluding carboxylic acids is 2. The molecule has 0 bridgehead atoms. The second kappa shape index (κ2) is 4.82. The Bertz CT molecular complexity index is 293. The zero-order valence-electron chi connectivity index (χ0n) is 9.95. The normalized spacial score (nSPS) is 31.8. The highest BCUT2D eigenvalue weighted by atomic mass is 16.2. The van der Waals surface area contributed by atoms with E-state index in [0.29, 0.717) is 18.8 Å². The van der Waals surface area contributed by atoms with E-state index in [-0.39, 0.29) is 5.91 Å². The van der Waals surface area contributed by atoms with Crippen LogP contribution in [0, 0.1) is 5.92 Å². The van der Waals surface area contributed by atoms with Crippen molar-refractivity contribution in [3.63, 3.8) is 0 Å². The first-order chi connectivity index (χ1) is 7.35. The number of primary amides is 1. The van der Waals surface area contributed by atoms with Crippen molar-refractivity contribution < 1.29 is 9.59 Å². The van der Waals surface area contributed by atoms with Crippen LogP contribution in [0.15, 0.2) is 0 Å². The van der Waals surface area contributed by atoms with Gasteiger partial charge in [0.05, 0.1) is 5.54 Å². The highest BCUT2D eigenvalue weighted by Crippen LogP contribution is 2.30. The third kappa shape index (κ3) is 2.95. The van der Waals surface area contributed by atoms with E-state index in [9.17, 15) is 9.59 Å². The number of carbonyl (C=O) groups is 2. The first-order valence-corrected chi connectivity index (χ1v) is 5.74. The molecule has 1 rings (SSSR count). The molecule has 0 aromatic heterocycles. The summed E-state index contributed by atoms with van der Waals surface area (Å²) in [4.78, 5) is 22.8. The lowest BCUT2D eigenvalue weighted by Gasteiger charge is -2.35. The molecule has 0 heterocycles. The molecule has 0 aliphatic heterocycles. The van der Waals surface area contributed by atoms with E-state index < -0.39 is 17.5 Å². The van der Waals surface area contributed by atoms with E-state index in [1.165, 1.54) is 0 Å². The van der Waals surface area contributed by atoms with Gasteiger partial charge in [-0.3, -0.25) is 9.59 Å². The van der Waals surface area contributed by atoms with Crippen molar-refractivity contribution in [3.8, 4) is 0 Å². The Morgan fingerprint density at radius 1 is 1.50 bits per heavy atom. The van der Waals surface area contributed by atoms with Crippen molar-refractivity contribution in [1.29, 1.82) is 0 Å². The molecule has 3 unspecified atom stereocenters. The summed E-state index contributed by atoms with van der Waals surface area (Å²) in [5.74, 6) is -0.348. The summed E-state index contributed by atoms with van der Waals surface area (Å²) >= 11 is 0. The predicted molar refractivity (Wildman–Crippen MR) is 61.3 cm³/mol. The molecule has 16 heavy (non-hydrogen) atoms. The Labute approximate surface area is 95.9 Å². The fraction of sp³-hybridized carbons (Fsp3) is 0.818. The molecule has 5 nitrogen and oxygen atoms in total. The van der Waals surface area contributed by atoms with Gasteiger partial charge in [-0.1, -0.05) is 19.8 Å². The van der Waals surface area contributed by atoms with Crippen LogP contribution >= 0.6 is 0 Å². The Hall–Kier alpha value is -1.10. The van der Waals surface area contributed by atoms with Gasteiger partial charge in [0, 0.05) is 0 Å². The maximum atomic E-state index is 11.9. The van der Waals surface area contributed by atoms with Gasteiger partial charge in [0.1, 0.15) is 6.04 Å². The molecule has 0 aromatic rings. The van der Waals surface area contributed by atoms with Crippen LogP contribution in [0.3, 0.4) is 0 Å². The highest BCUT2D eigenvalue weighted by molar-refractivity contribution is 5.91. The fourth-order valence-corrected chi connectivity index (χ4v) is 2.21. The first-order valence-electron chi connectivity index (χ1n) is 5.74.